The van der Waals surface area contributed by atoms with E-state index in [1.807, 2.05) is 0 Å². The molecule has 0 bridgehead atoms. The minimum atomic E-state index is 0.531. The molecule has 14 heavy (non-hydrogen) atoms. The Balaban J connectivity index is 1.85. The highest BCUT2D eigenvalue weighted by molar-refractivity contribution is 4.88. The molecule has 1 aliphatic heterocycles. The molecular weight excluding hydrogens is 170 g/mol. The third-order valence-electron chi connectivity index (χ3n) is 3.96. The van der Waals surface area contributed by atoms with Gasteiger partial charge in [-0.2, -0.15) is 0 Å². The van der Waals surface area contributed by atoms with E-state index in [2.05, 4.69) is 26.1 Å². The van der Waals surface area contributed by atoms with Crippen molar-refractivity contribution in [3.05, 3.63) is 0 Å². The first-order chi connectivity index (χ1) is 6.54. The number of rotatable bonds is 1. The number of hydrogen-bond donors (Lipinski definition) is 1. The average molecular weight is 195 g/mol. The predicted molar refractivity (Wildman–Crippen MR) is 61.3 cm³/mol. The fraction of sp³-hybridized carbons (Fsp3) is 1.00. The van der Waals surface area contributed by atoms with Gasteiger partial charge in [-0.25, -0.2) is 0 Å². The normalized spacial score (nSPS) is 38.4. The Morgan fingerprint density at radius 1 is 1.07 bits per heavy atom. The Labute approximate surface area is 88.7 Å². The fourth-order valence-corrected chi connectivity index (χ4v) is 3.45. The van der Waals surface area contributed by atoms with Gasteiger partial charge in [0.25, 0.3) is 0 Å². The molecule has 0 spiro atoms. The van der Waals surface area contributed by atoms with Gasteiger partial charge in [-0.05, 0) is 55.5 Å². The van der Waals surface area contributed by atoms with Gasteiger partial charge in [-0.15, -0.1) is 0 Å². The fourth-order valence-electron chi connectivity index (χ4n) is 3.45. The molecule has 1 saturated carbocycles. The van der Waals surface area contributed by atoms with Crippen LogP contribution in [0.3, 0.4) is 0 Å². The Hall–Kier alpha value is -0.0400. The van der Waals surface area contributed by atoms with E-state index < -0.39 is 0 Å². The Bertz CT molecular complexity index is 192. The molecule has 0 aromatic carbocycles. The third kappa shape index (κ3) is 2.50. The van der Waals surface area contributed by atoms with Crippen LogP contribution in [0.4, 0.5) is 0 Å². The van der Waals surface area contributed by atoms with E-state index in [1.165, 1.54) is 38.8 Å². The molecule has 0 aromatic heterocycles. The molecule has 0 amide bonds. The van der Waals surface area contributed by atoms with Crippen molar-refractivity contribution in [2.45, 2.75) is 46.5 Å². The monoisotopic (exact) mass is 195 g/mol. The Kier molecular flexibility index (Phi) is 2.88. The maximum absolute atomic E-state index is 3.55. The van der Waals surface area contributed by atoms with Crippen LogP contribution in [0.15, 0.2) is 0 Å². The first kappa shape index (κ1) is 10.5. The molecule has 1 N–H and O–H groups in total. The van der Waals surface area contributed by atoms with Crippen molar-refractivity contribution in [3.63, 3.8) is 0 Å². The number of hydrogen-bond acceptors (Lipinski definition) is 1. The highest BCUT2D eigenvalue weighted by Gasteiger charge is 2.34. The van der Waals surface area contributed by atoms with Crippen LogP contribution in [0.5, 0.6) is 0 Å². The minimum Gasteiger partial charge on any atom is -0.316 e. The summed E-state index contributed by atoms with van der Waals surface area (Å²) >= 11 is 0. The van der Waals surface area contributed by atoms with Crippen LogP contribution in [0.2, 0.25) is 0 Å². The molecule has 1 aliphatic carbocycles. The van der Waals surface area contributed by atoms with Gasteiger partial charge in [0.05, 0.1) is 0 Å². The van der Waals surface area contributed by atoms with E-state index in [0.29, 0.717) is 5.41 Å². The summed E-state index contributed by atoms with van der Waals surface area (Å²) in [6.45, 7) is 9.74. The summed E-state index contributed by atoms with van der Waals surface area (Å²) in [6.07, 6.45) is 5.89. The zero-order valence-corrected chi connectivity index (χ0v) is 9.97. The van der Waals surface area contributed by atoms with Crippen molar-refractivity contribution < 1.29 is 0 Å². The average Bonchev–Trinajstić information content (AvgIpc) is 2.47. The van der Waals surface area contributed by atoms with Gasteiger partial charge < -0.3 is 5.32 Å². The highest BCUT2D eigenvalue weighted by atomic mass is 14.9. The zero-order chi connectivity index (χ0) is 10.2. The maximum Gasteiger partial charge on any atom is -0.00172 e. The van der Waals surface area contributed by atoms with E-state index >= 15 is 0 Å². The van der Waals surface area contributed by atoms with E-state index in [0.717, 1.165) is 17.8 Å². The van der Waals surface area contributed by atoms with Crippen LogP contribution in [0.1, 0.15) is 46.5 Å². The number of nitrogens with one attached hydrogen (secondary N) is 1. The van der Waals surface area contributed by atoms with E-state index in [-0.39, 0.29) is 0 Å². The summed E-state index contributed by atoms with van der Waals surface area (Å²) in [5.74, 6) is 3.04. The lowest BCUT2D eigenvalue weighted by Gasteiger charge is -2.34. The van der Waals surface area contributed by atoms with Crippen molar-refractivity contribution >= 4 is 0 Å². The van der Waals surface area contributed by atoms with Gasteiger partial charge in [0, 0.05) is 0 Å². The van der Waals surface area contributed by atoms with Crippen LogP contribution >= 0.6 is 0 Å². The highest BCUT2D eigenvalue weighted by Crippen LogP contribution is 2.40. The molecule has 1 nitrogen and oxygen atoms in total. The molecule has 0 aromatic rings. The molecular formula is C13H25N. The van der Waals surface area contributed by atoms with Gasteiger partial charge in [-0.3, -0.25) is 0 Å². The summed E-state index contributed by atoms with van der Waals surface area (Å²) < 4.78 is 0. The summed E-state index contributed by atoms with van der Waals surface area (Å²) in [5.41, 5.74) is 0.531. The second-order valence-electron chi connectivity index (χ2n) is 6.62. The van der Waals surface area contributed by atoms with Crippen molar-refractivity contribution in [2.24, 2.45) is 23.2 Å². The zero-order valence-electron chi connectivity index (χ0n) is 9.97. The Morgan fingerprint density at radius 3 is 2.50 bits per heavy atom. The lowest BCUT2D eigenvalue weighted by molar-refractivity contribution is 0.173. The molecule has 1 heteroatoms. The molecule has 3 unspecified atom stereocenters. The van der Waals surface area contributed by atoms with E-state index in [1.54, 1.807) is 0 Å². The molecule has 3 atom stereocenters. The quantitative estimate of drug-likeness (QED) is 0.678. The van der Waals surface area contributed by atoms with Crippen molar-refractivity contribution in [3.8, 4) is 0 Å². The minimum absolute atomic E-state index is 0.531. The standard InChI is InChI=1S/C13H25N/c1-13(2,3)7-10-4-5-11-8-14-9-12(11)6-10/h10-12,14H,4-9H2,1-3H3. The largest absolute Gasteiger partial charge is 0.316 e. The summed E-state index contributed by atoms with van der Waals surface area (Å²) in [5, 5.41) is 3.55. The van der Waals surface area contributed by atoms with Crippen molar-refractivity contribution in [1.29, 1.82) is 0 Å². The van der Waals surface area contributed by atoms with E-state index in [4.69, 9.17) is 0 Å². The van der Waals surface area contributed by atoms with Crippen LogP contribution < -0.4 is 5.32 Å². The van der Waals surface area contributed by atoms with Crippen LogP contribution in [-0.2, 0) is 0 Å². The maximum atomic E-state index is 3.55. The second kappa shape index (κ2) is 3.84. The molecule has 2 rings (SSSR count). The molecule has 2 aliphatic rings. The predicted octanol–water partition coefficient (Wildman–Crippen LogP) is 3.06. The summed E-state index contributed by atoms with van der Waals surface area (Å²) in [6, 6.07) is 0. The lowest BCUT2D eigenvalue weighted by Crippen LogP contribution is -2.26. The van der Waals surface area contributed by atoms with Gasteiger partial charge >= 0.3 is 0 Å². The number of fused-ring (bicyclic) bond motifs is 1. The van der Waals surface area contributed by atoms with E-state index in [9.17, 15) is 0 Å². The smallest absolute Gasteiger partial charge is 0.00172 e. The SMILES string of the molecule is CC(C)(C)CC1CCC2CNCC2C1. The van der Waals surface area contributed by atoms with Gasteiger partial charge in [-0.1, -0.05) is 27.2 Å². The molecule has 82 valence electrons. The van der Waals surface area contributed by atoms with Gasteiger partial charge in [0.15, 0.2) is 0 Å². The Morgan fingerprint density at radius 2 is 1.79 bits per heavy atom. The summed E-state index contributed by atoms with van der Waals surface area (Å²) in [4.78, 5) is 0. The van der Waals surface area contributed by atoms with Gasteiger partial charge in [0.1, 0.15) is 0 Å². The molecule has 0 radical (unpaired) electrons. The van der Waals surface area contributed by atoms with Crippen LogP contribution in [0.25, 0.3) is 0 Å². The molecule has 2 fully saturated rings. The first-order valence-corrected chi connectivity index (χ1v) is 6.25. The van der Waals surface area contributed by atoms with Crippen LogP contribution in [-0.4, -0.2) is 13.1 Å². The molecule has 1 saturated heterocycles. The van der Waals surface area contributed by atoms with Crippen molar-refractivity contribution in [2.75, 3.05) is 13.1 Å². The van der Waals surface area contributed by atoms with Gasteiger partial charge in [0.2, 0.25) is 0 Å². The molecule has 1 heterocycles. The third-order valence-corrected chi connectivity index (χ3v) is 3.96. The summed E-state index contributed by atoms with van der Waals surface area (Å²) in [7, 11) is 0. The first-order valence-electron chi connectivity index (χ1n) is 6.25. The second-order valence-corrected chi connectivity index (χ2v) is 6.62. The van der Waals surface area contributed by atoms with Crippen molar-refractivity contribution in [1.82, 2.24) is 5.32 Å². The lowest BCUT2D eigenvalue weighted by atomic mass is 9.71. The topological polar surface area (TPSA) is 12.0 Å². The van der Waals surface area contributed by atoms with Crippen LogP contribution in [0, 0.1) is 23.2 Å².